The summed E-state index contributed by atoms with van der Waals surface area (Å²) in [6.45, 7) is 2.10. The average Bonchev–Trinajstić information content (AvgIpc) is 2.84. The first-order valence-electron chi connectivity index (χ1n) is 5.56. The minimum absolute atomic E-state index is 0.0260. The molecular weight excluding hydrogens is 240 g/mol. The first-order valence-corrected chi connectivity index (χ1v) is 5.56. The molecule has 18 heavy (non-hydrogen) atoms. The Bertz CT molecular complexity index is 363. The van der Waals surface area contributed by atoms with Gasteiger partial charge in [-0.15, -0.1) is 5.10 Å². The number of nitrogens with two attached hydrogens (primary N) is 1. The van der Waals surface area contributed by atoms with E-state index in [0.717, 1.165) is 0 Å². The number of nitrogens with one attached hydrogen (secondary N) is 1. The van der Waals surface area contributed by atoms with Gasteiger partial charge in [0.15, 0.2) is 5.69 Å². The van der Waals surface area contributed by atoms with Crippen LogP contribution in [0.1, 0.15) is 10.5 Å². The highest BCUT2D eigenvalue weighted by molar-refractivity contribution is 5.91. The van der Waals surface area contributed by atoms with Crippen LogP contribution in [-0.4, -0.2) is 68.9 Å². The van der Waals surface area contributed by atoms with Crippen LogP contribution in [-0.2, 0) is 6.54 Å². The van der Waals surface area contributed by atoms with Gasteiger partial charge in [0.2, 0.25) is 0 Å². The van der Waals surface area contributed by atoms with Crippen molar-refractivity contribution in [3.05, 3.63) is 11.9 Å². The van der Waals surface area contributed by atoms with E-state index in [1.165, 1.54) is 10.9 Å². The van der Waals surface area contributed by atoms with Crippen molar-refractivity contribution in [3.63, 3.8) is 0 Å². The summed E-state index contributed by atoms with van der Waals surface area (Å²) < 4.78 is 1.51. The second kappa shape index (κ2) is 7.71. The van der Waals surface area contributed by atoms with E-state index < -0.39 is 5.91 Å². The van der Waals surface area contributed by atoms with E-state index in [9.17, 15) is 4.79 Å². The molecule has 0 aliphatic heterocycles. The second-order valence-electron chi connectivity index (χ2n) is 3.63. The van der Waals surface area contributed by atoms with Crippen molar-refractivity contribution in [2.24, 2.45) is 5.84 Å². The number of carbonyl (C=O) groups is 1. The molecule has 1 heterocycles. The summed E-state index contributed by atoms with van der Waals surface area (Å²) >= 11 is 0. The highest BCUT2D eigenvalue weighted by Crippen LogP contribution is 1.94. The molecule has 0 radical (unpaired) electrons. The summed E-state index contributed by atoms with van der Waals surface area (Å²) in [6, 6.07) is 0. The number of nitrogens with zero attached hydrogens (tertiary/aromatic N) is 4. The lowest BCUT2D eigenvalue weighted by molar-refractivity contribution is 0.0948. The second-order valence-corrected chi connectivity index (χ2v) is 3.63. The SMILES string of the molecule is NNC(=O)c1cn(CCN(CCO)CCO)nn1. The smallest absolute Gasteiger partial charge is 0.287 e. The number of hydrazine groups is 1. The molecule has 0 aliphatic carbocycles. The zero-order chi connectivity index (χ0) is 13.4. The molecule has 9 nitrogen and oxygen atoms in total. The van der Waals surface area contributed by atoms with Crippen LogP contribution in [0.4, 0.5) is 0 Å². The predicted octanol–water partition coefficient (Wildman–Crippen LogP) is -2.83. The molecule has 1 aromatic rings. The Kier molecular flexibility index (Phi) is 6.22. The Morgan fingerprint density at radius 3 is 2.61 bits per heavy atom. The molecule has 0 unspecified atom stereocenters. The van der Waals surface area contributed by atoms with E-state index >= 15 is 0 Å². The Morgan fingerprint density at radius 2 is 2.06 bits per heavy atom. The number of hydrogen-bond donors (Lipinski definition) is 4. The van der Waals surface area contributed by atoms with Crippen LogP contribution in [0.15, 0.2) is 6.20 Å². The number of carbonyl (C=O) groups excluding carboxylic acids is 1. The van der Waals surface area contributed by atoms with Crippen molar-refractivity contribution in [2.75, 3.05) is 32.8 Å². The highest BCUT2D eigenvalue weighted by Gasteiger charge is 2.09. The molecule has 9 heteroatoms. The van der Waals surface area contributed by atoms with Gasteiger partial charge >= 0.3 is 0 Å². The van der Waals surface area contributed by atoms with Gasteiger partial charge < -0.3 is 10.2 Å². The first-order chi connectivity index (χ1) is 8.71. The summed E-state index contributed by atoms with van der Waals surface area (Å²) in [7, 11) is 0. The number of rotatable bonds is 8. The normalized spacial score (nSPS) is 10.9. The third-order valence-corrected chi connectivity index (χ3v) is 2.38. The lowest BCUT2D eigenvalue weighted by Crippen LogP contribution is -2.33. The predicted molar refractivity (Wildman–Crippen MR) is 62.3 cm³/mol. The Morgan fingerprint density at radius 1 is 1.39 bits per heavy atom. The molecule has 0 bridgehead atoms. The van der Waals surface area contributed by atoms with Crippen LogP contribution in [0.25, 0.3) is 0 Å². The quantitative estimate of drug-likeness (QED) is 0.224. The van der Waals surface area contributed by atoms with E-state index in [1.807, 2.05) is 10.3 Å². The number of amides is 1. The number of aliphatic hydroxyl groups is 2. The molecule has 0 atom stereocenters. The third-order valence-electron chi connectivity index (χ3n) is 2.38. The largest absolute Gasteiger partial charge is 0.395 e. The average molecular weight is 258 g/mol. The van der Waals surface area contributed by atoms with Crippen molar-refractivity contribution in [1.29, 1.82) is 0 Å². The maximum Gasteiger partial charge on any atom is 0.287 e. The van der Waals surface area contributed by atoms with Crippen molar-refractivity contribution >= 4 is 5.91 Å². The van der Waals surface area contributed by atoms with Gasteiger partial charge in [-0.1, -0.05) is 5.21 Å². The molecule has 0 fully saturated rings. The summed E-state index contributed by atoms with van der Waals surface area (Å²) in [6.07, 6.45) is 1.48. The molecule has 0 aromatic carbocycles. The fourth-order valence-electron chi connectivity index (χ4n) is 1.45. The van der Waals surface area contributed by atoms with Crippen molar-refractivity contribution in [1.82, 2.24) is 25.3 Å². The fraction of sp³-hybridized carbons (Fsp3) is 0.667. The van der Waals surface area contributed by atoms with Crippen LogP contribution in [0.2, 0.25) is 0 Å². The number of nitrogen functional groups attached to an aromatic ring is 1. The molecule has 1 aromatic heterocycles. The molecule has 0 saturated carbocycles. The van der Waals surface area contributed by atoms with E-state index in [2.05, 4.69) is 10.3 Å². The Hall–Kier alpha value is -1.55. The molecule has 0 aliphatic rings. The van der Waals surface area contributed by atoms with Crippen LogP contribution >= 0.6 is 0 Å². The molecule has 5 N–H and O–H groups in total. The fourth-order valence-corrected chi connectivity index (χ4v) is 1.45. The third kappa shape index (κ3) is 4.37. The Labute approximate surface area is 104 Å². The lowest BCUT2D eigenvalue weighted by Gasteiger charge is -2.19. The topological polar surface area (TPSA) is 130 Å². The van der Waals surface area contributed by atoms with Gasteiger partial charge in [0, 0.05) is 19.6 Å². The van der Waals surface area contributed by atoms with Crippen LogP contribution in [0.3, 0.4) is 0 Å². The van der Waals surface area contributed by atoms with Gasteiger partial charge in [0.05, 0.1) is 26.0 Å². The van der Waals surface area contributed by atoms with Gasteiger partial charge in [0.25, 0.3) is 5.91 Å². The number of hydrogen-bond acceptors (Lipinski definition) is 7. The van der Waals surface area contributed by atoms with Crippen LogP contribution in [0.5, 0.6) is 0 Å². The molecule has 1 amide bonds. The maximum atomic E-state index is 11.1. The van der Waals surface area contributed by atoms with Gasteiger partial charge in [-0.05, 0) is 0 Å². The standard InChI is InChI=1S/C9H18N6O3/c10-11-9(18)8-7-15(13-12-8)2-1-14(3-5-16)4-6-17/h7,16-17H,1-6,10H2,(H,11,18). The van der Waals surface area contributed by atoms with Gasteiger partial charge in [0.1, 0.15) is 0 Å². The zero-order valence-electron chi connectivity index (χ0n) is 9.99. The zero-order valence-corrected chi connectivity index (χ0v) is 9.99. The molecule has 1 rings (SSSR count). The lowest BCUT2D eigenvalue weighted by atomic mass is 10.4. The van der Waals surface area contributed by atoms with Crippen molar-refractivity contribution in [3.8, 4) is 0 Å². The molecule has 102 valence electrons. The van der Waals surface area contributed by atoms with Gasteiger partial charge in [-0.2, -0.15) is 0 Å². The van der Waals surface area contributed by atoms with Crippen molar-refractivity contribution < 1.29 is 15.0 Å². The van der Waals surface area contributed by atoms with Crippen LogP contribution < -0.4 is 11.3 Å². The minimum Gasteiger partial charge on any atom is -0.395 e. The van der Waals surface area contributed by atoms with E-state index in [-0.39, 0.29) is 18.9 Å². The summed E-state index contributed by atoms with van der Waals surface area (Å²) in [5.41, 5.74) is 2.12. The highest BCUT2D eigenvalue weighted by atomic mass is 16.3. The molecule has 0 saturated heterocycles. The summed E-state index contributed by atoms with van der Waals surface area (Å²) in [5, 5.41) is 25.1. The first kappa shape index (κ1) is 14.5. The molecular formula is C9H18N6O3. The van der Waals surface area contributed by atoms with Crippen LogP contribution in [0, 0.1) is 0 Å². The minimum atomic E-state index is -0.496. The summed E-state index contributed by atoms with van der Waals surface area (Å²) in [4.78, 5) is 13.0. The number of aromatic nitrogens is 3. The maximum absolute atomic E-state index is 11.1. The van der Waals surface area contributed by atoms with Gasteiger partial charge in [-0.25, -0.2) is 5.84 Å². The summed E-state index contributed by atoms with van der Waals surface area (Å²) in [5.74, 6) is 4.48. The molecule has 0 spiro atoms. The number of aliphatic hydroxyl groups excluding tert-OH is 2. The monoisotopic (exact) mass is 258 g/mol. The van der Waals surface area contributed by atoms with E-state index in [1.54, 1.807) is 0 Å². The Balaban J connectivity index is 2.46. The van der Waals surface area contributed by atoms with E-state index in [0.29, 0.717) is 26.2 Å². The van der Waals surface area contributed by atoms with E-state index in [4.69, 9.17) is 16.1 Å². The van der Waals surface area contributed by atoms with Crippen molar-refractivity contribution in [2.45, 2.75) is 6.54 Å². The van der Waals surface area contributed by atoms with Gasteiger partial charge in [-0.3, -0.25) is 19.8 Å².